The van der Waals surface area contributed by atoms with Crippen LogP contribution in [0, 0.1) is 0 Å². The summed E-state index contributed by atoms with van der Waals surface area (Å²) in [7, 11) is 0. The van der Waals surface area contributed by atoms with Gasteiger partial charge in [-0.15, -0.1) is 11.6 Å². The molecule has 96 valence electrons. The Bertz CT molecular complexity index is 336. The highest BCUT2D eigenvalue weighted by atomic mass is 35.5. The minimum atomic E-state index is -0.0252. The number of hydrogen-bond donors (Lipinski definition) is 0. The Morgan fingerprint density at radius 2 is 1.76 bits per heavy atom. The van der Waals surface area contributed by atoms with E-state index in [1.165, 1.54) is 25.7 Å². The summed E-state index contributed by atoms with van der Waals surface area (Å²) in [5.41, 5.74) is 0.955. The van der Waals surface area contributed by atoms with Crippen LogP contribution in [-0.4, -0.2) is 0 Å². The first kappa shape index (κ1) is 15.1. The Kier molecular flexibility index (Phi) is 7.34. The minimum absolute atomic E-state index is 0.0252. The lowest BCUT2D eigenvalue weighted by molar-refractivity contribution is 0.601. The summed E-state index contributed by atoms with van der Waals surface area (Å²) in [6, 6.07) is 5.47. The van der Waals surface area contributed by atoms with Gasteiger partial charge in [0, 0.05) is 10.0 Å². The molecule has 0 N–H and O–H groups in total. The molecule has 0 bridgehead atoms. The van der Waals surface area contributed by atoms with Crippen LogP contribution < -0.4 is 0 Å². The van der Waals surface area contributed by atoms with Gasteiger partial charge in [-0.25, -0.2) is 0 Å². The number of hydrogen-bond acceptors (Lipinski definition) is 0. The van der Waals surface area contributed by atoms with E-state index in [0.717, 1.165) is 18.4 Å². The fourth-order valence-electron chi connectivity index (χ4n) is 1.84. The SMILES string of the molecule is CCCCCCCC(Cl)c1cc(Cl)ccc1Cl. The molecule has 17 heavy (non-hydrogen) atoms. The Balaban J connectivity index is 2.41. The molecule has 0 aromatic heterocycles. The molecular formula is C14H19Cl3. The van der Waals surface area contributed by atoms with E-state index < -0.39 is 0 Å². The summed E-state index contributed by atoms with van der Waals surface area (Å²) >= 11 is 18.4. The van der Waals surface area contributed by atoms with Gasteiger partial charge in [0.25, 0.3) is 0 Å². The van der Waals surface area contributed by atoms with Gasteiger partial charge in [-0.3, -0.25) is 0 Å². The lowest BCUT2D eigenvalue weighted by atomic mass is 10.0. The van der Waals surface area contributed by atoms with Gasteiger partial charge in [-0.1, -0.05) is 62.2 Å². The molecule has 1 atom stereocenters. The lowest BCUT2D eigenvalue weighted by Crippen LogP contribution is -1.92. The second-order valence-corrected chi connectivity index (χ2v) is 5.71. The van der Waals surface area contributed by atoms with Gasteiger partial charge in [0.1, 0.15) is 0 Å². The van der Waals surface area contributed by atoms with E-state index in [1.807, 2.05) is 12.1 Å². The molecule has 0 nitrogen and oxygen atoms in total. The summed E-state index contributed by atoms with van der Waals surface area (Å²) < 4.78 is 0. The first-order valence-corrected chi connectivity index (χ1v) is 7.43. The molecule has 1 unspecified atom stereocenters. The first-order valence-electron chi connectivity index (χ1n) is 6.24. The summed E-state index contributed by atoms with van der Waals surface area (Å²) in [5.74, 6) is 0. The van der Waals surface area contributed by atoms with Crippen LogP contribution in [0.2, 0.25) is 10.0 Å². The molecule has 0 radical (unpaired) electrons. The van der Waals surface area contributed by atoms with Crippen LogP contribution in [0.5, 0.6) is 0 Å². The maximum absolute atomic E-state index is 6.35. The average Bonchev–Trinajstić information content (AvgIpc) is 2.32. The predicted molar refractivity (Wildman–Crippen MR) is 78.4 cm³/mol. The molecule has 0 aliphatic rings. The molecule has 0 aliphatic carbocycles. The van der Waals surface area contributed by atoms with Gasteiger partial charge in [0.15, 0.2) is 0 Å². The van der Waals surface area contributed by atoms with Crippen molar-refractivity contribution in [3.8, 4) is 0 Å². The zero-order valence-corrected chi connectivity index (χ0v) is 12.5. The number of alkyl halides is 1. The van der Waals surface area contributed by atoms with Crippen LogP contribution in [0.15, 0.2) is 18.2 Å². The molecule has 0 saturated heterocycles. The van der Waals surface area contributed by atoms with Crippen molar-refractivity contribution in [1.29, 1.82) is 0 Å². The monoisotopic (exact) mass is 292 g/mol. The molecule has 3 heteroatoms. The topological polar surface area (TPSA) is 0 Å². The van der Waals surface area contributed by atoms with Gasteiger partial charge in [-0.2, -0.15) is 0 Å². The van der Waals surface area contributed by atoms with E-state index in [1.54, 1.807) is 6.07 Å². The van der Waals surface area contributed by atoms with Gasteiger partial charge < -0.3 is 0 Å². The number of halogens is 3. The standard InChI is InChI=1S/C14H19Cl3/c1-2-3-4-5-6-7-13(16)12-10-11(15)8-9-14(12)17/h8-10,13H,2-7H2,1H3. The molecule has 1 aromatic carbocycles. The second kappa shape index (κ2) is 8.24. The molecular weight excluding hydrogens is 275 g/mol. The van der Waals surface area contributed by atoms with Gasteiger partial charge in [-0.05, 0) is 30.2 Å². The summed E-state index contributed by atoms with van der Waals surface area (Å²) in [5, 5.41) is 1.38. The van der Waals surface area contributed by atoms with Crippen molar-refractivity contribution in [2.24, 2.45) is 0 Å². The molecule has 0 amide bonds. The summed E-state index contributed by atoms with van der Waals surface area (Å²) in [4.78, 5) is 0. The third-order valence-electron chi connectivity index (χ3n) is 2.86. The summed E-state index contributed by atoms with van der Waals surface area (Å²) in [6.07, 6.45) is 7.23. The lowest BCUT2D eigenvalue weighted by Gasteiger charge is -2.12. The Labute approximate surface area is 119 Å². The second-order valence-electron chi connectivity index (χ2n) is 4.34. The highest BCUT2D eigenvalue weighted by Gasteiger charge is 2.11. The predicted octanol–water partition coefficient (Wildman–Crippen LogP) is 6.63. The minimum Gasteiger partial charge on any atom is -0.118 e. The molecule has 0 aliphatic heterocycles. The average molecular weight is 294 g/mol. The molecule has 0 fully saturated rings. The molecule has 1 rings (SSSR count). The fraction of sp³-hybridized carbons (Fsp3) is 0.571. The van der Waals surface area contributed by atoms with Crippen LogP contribution >= 0.6 is 34.8 Å². The molecule has 1 aromatic rings. The van der Waals surface area contributed by atoms with Crippen molar-refractivity contribution in [3.63, 3.8) is 0 Å². The quantitative estimate of drug-likeness (QED) is 0.391. The third kappa shape index (κ3) is 5.50. The van der Waals surface area contributed by atoms with E-state index >= 15 is 0 Å². The van der Waals surface area contributed by atoms with Crippen molar-refractivity contribution >= 4 is 34.8 Å². The number of unbranched alkanes of at least 4 members (excludes halogenated alkanes) is 4. The maximum Gasteiger partial charge on any atom is 0.0600 e. The summed E-state index contributed by atoms with van der Waals surface area (Å²) in [6.45, 7) is 2.22. The van der Waals surface area contributed by atoms with E-state index in [-0.39, 0.29) is 5.38 Å². The zero-order valence-electron chi connectivity index (χ0n) is 10.2. The van der Waals surface area contributed by atoms with Crippen molar-refractivity contribution < 1.29 is 0 Å². The van der Waals surface area contributed by atoms with Crippen molar-refractivity contribution in [2.75, 3.05) is 0 Å². The first-order chi connectivity index (χ1) is 8.15. The molecule has 0 spiro atoms. The Morgan fingerprint density at radius 3 is 2.47 bits per heavy atom. The van der Waals surface area contributed by atoms with Crippen LogP contribution in [0.1, 0.15) is 56.4 Å². The molecule has 0 saturated carbocycles. The normalized spacial score (nSPS) is 12.7. The highest BCUT2D eigenvalue weighted by Crippen LogP contribution is 2.33. The van der Waals surface area contributed by atoms with Crippen molar-refractivity contribution in [3.05, 3.63) is 33.8 Å². The van der Waals surface area contributed by atoms with E-state index in [4.69, 9.17) is 34.8 Å². The third-order valence-corrected chi connectivity index (χ3v) is 3.89. The van der Waals surface area contributed by atoms with Gasteiger partial charge in [0.05, 0.1) is 5.38 Å². The van der Waals surface area contributed by atoms with Gasteiger partial charge >= 0.3 is 0 Å². The maximum atomic E-state index is 6.35. The van der Waals surface area contributed by atoms with Crippen molar-refractivity contribution in [1.82, 2.24) is 0 Å². The largest absolute Gasteiger partial charge is 0.118 e. The van der Waals surface area contributed by atoms with E-state index in [9.17, 15) is 0 Å². The van der Waals surface area contributed by atoms with E-state index in [2.05, 4.69) is 6.92 Å². The Morgan fingerprint density at radius 1 is 1.06 bits per heavy atom. The van der Waals surface area contributed by atoms with Gasteiger partial charge in [0.2, 0.25) is 0 Å². The zero-order chi connectivity index (χ0) is 12.7. The highest BCUT2D eigenvalue weighted by molar-refractivity contribution is 6.34. The van der Waals surface area contributed by atoms with Crippen LogP contribution in [0.4, 0.5) is 0 Å². The van der Waals surface area contributed by atoms with Crippen molar-refractivity contribution in [2.45, 2.75) is 50.8 Å². The smallest absolute Gasteiger partial charge is 0.0600 e. The Hall–Kier alpha value is 0.0900. The number of rotatable bonds is 7. The van der Waals surface area contributed by atoms with E-state index in [0.29, 0.717) is 10.0 Å². The van der Waals surface area contributed by atoms with Crippen LogP contribution in [-0.2, 0) is 0 Å². The molecule has 0 heterocycles. The number of benzene rings is 1. The van der Waals surface area contributed by atoms with Crippen LogP contribution in [0.3, 0.4) is 0 Å². The fourth-order valence-corrected chi connectivity index (χ4v) is 2.66. The van der Waals surface area contributed by atoms with Crippen LogP contribution in [0.25, 0.3) is 0 Å².